The van der Waals surface area contributed by atoms with Crippen molar-refractivity contribution in [2.24, 2.45) is 0 Å². The summed E-state index contributed by atoms with van der Waals surface area (Å²) in [7, 11) is 0. The van der Waals surface area contributed by atoms with E-state index in [1.54, 1.807) is 0 Å². The van der Waals surface area contributed by atoms with Gasteiger partial charge in [0.15, 0.2) is 5.82 Å². The lowest BCUT2D eigenvalue weighted by Gasteiger charge is -2.28. The fraction of sp³-hybridized carbons (Fsp3) is 0.500. The van der Waals surface area contributed by atoms with Crippen LogP contribution in [0, 0.1) is 0 Å². The van der Waals surface area contributed by atoms with Crippen molar-refractivity contribution in [3.8, 4) is 0 Å². The molecule has 0 radical (unpaired) electrons. The van der Waals surface area contributed by atoms with Crippen LogP contribution in [-0.4, -0.2) is 45.3 Å². The molecule has 0 saturated heterocycles. The second kappa shape index (κ2) is 7.23. The number of nitrogens with one attached hydrogen (secondary N) is 2. The number of amides is 2. The van der Waals surface area contributed by atoms with E-state index in [2.05, 4.69) is 54.6 Å². The van der Waals surface area contributed by atoms with Crippen LogP contribution in [0.4, 0.5) is 4.79 Å². The van der Waals surface area contributed by atoms with Crippen molar-refractivity contribution in [1.29, 1.82) is 0 Å². The van der Waals surface area contributed by atoms with Gasteiger partial charge in [0.05, 0.1) is 6.54 Å². The first-order chi connectivity index (χ1) is 12.3. The Morgan fingerprint density at radius 2 is 1.96 bits per heavy atom. The highest BCUT2D eigenvalue weighted by Crippen LogP contribution is 2.17. The Morgan fingerprint density at radius 1 is 1.08 bits per heavy atom. The molecule has 0 bridgehead atoms. The number of nitrogens with zero attached hydrogens (tertiary/aromatic N) is 4. The van der Waals surface area contributed by atoms with E-state index in [-0.39, 0.29) is 6.03 Å². The predicted octanol–water partition coefficient (Wildman–Crippen LogP) is 1.08. The minimum atomic E-state index is -0.146. The molecule has 2 aliphatic rings. The van der Waals surface area contributed by atoms with Gasteiger partial charge in [-0.3, -0.25) is 4.90 Å². The molecule has 1 aromatic carbocycles. The highest BCUT2D eigenvalue weighted by Gasteiger charge is 2.18. The minimum absolute atomic E-state index is 0.146. The van der Waals surface area contributed by atoms with E-state index in [1.807, 2.05) is 0 Å². The number of aryl methyl sites for hydroxylation is 1. The van der Waals surface area contributed by atoms with E-state index in [4.69, 9.17) is 0 Å². The first-order valence-corrected chi connectivity index (χ1v) is 9.01. The summed E-state index contributed by atoms with van der Waals surface area (Å²) >= 11 is 0. The zero-order chi connectivity index (χ0) is 17.1. The molecule has 0 saturated carbocycles. The van der Waals surface area contributed by atoms with Crippen LogP contribution in [0.2, 0.25) is 0 Å². The van der Waals surface area contributed by atoms with Gasteiger partial charge in [-0.2, -0.15) is 0 Å². The summed E-state index contributed by atoms with van der Waals surface area (Å²) < 4.78 is 2.10. The molecule has 0 aliphatic carbocycles. The third kappa shape index (κ3) is 3.66. The summed E-state index contributed by atoms with van der Waals surface area (Å²) in [5, 5.41) is 14.1. The van der Waals surface area contributed by atoms with Crippen LogP contribution in [0.25, 0.3) is 0 Å². The van der Waals surface area contributed by atoms with Gasteiger partial charge < -0.3 is 15.2 Å². The summed E-state index contributed by atoms with van der Waals surface area (Å²) in [5.74, 6) is 1.87. The largest absolute Gasteiger partial charge is 0.337 e. The second-order valence-electron chi connectivity index (χ2n) is 6.69. The molecule has 4 rings (SSSR count). The molecular weight excluding hydrogens is 316 g/mol. The van der Waals surface area contributed by atoms with Gasteiger partial charge in [0.1, 0.15) is 5.82 Å². The molecular formula is C18H24N6O. The van der Waals surface area contributed by atoms with E-state index in [0.29, 0.717) is 13.1 Å². The quantitative estimate of drug-likeness (QED) is 0.854. The Morgan fingerprint density at radius 3 is 2.88 bits per heavy atom. The van der Waals surface area contributed by atoms with Gasteiger partial charge in [0, 0.05) is 39.1 Å². The van der Waals surface area contributed by atoms with E-state index in [0.717, 1.165) is 57.1 Å². The monoisotopic (exact) mass is 340 g/mol. The minimum Gasteiger partial charge on any atom is -0.337 e. The number of urea groups is 1. The highest BCUT2D eigenvalue weighted by molar-refractivity contribution is 5.73. The molecule has 7 heteroatoms. The van der Waals surface area contributed by atoms with Gasteiger partial charge in [-0.1, -0.05) is 24.3 Å². The van der Waals surface area contributed by atoms with Gasteiger partial charge in [-0.05, 0) is 24.0 Å². The van der Waals surface area contributed by atoms with Gasteiger partial charge in [-0.25, -0.2) is 4.79 Å². The summed E-state index contributed by atoms with van der Waals surface area (Å²) in [6, 6.07) is 8.45. The van der Waals surface area contributed by atoms with Crippen molar-refractivity contribution in [3.63, 3.8) is 0 Å². The van der Waals surface area contributed by atoms with Crippen molar-refractivity contribution in [2.75, 3.05) is 19.6 Å². The lowest BCUT2D eigenvalue weighted by atomic mass is 10.00. The molecule has 0 atom stereocenters. The van der Waals surface area contributed by atoms with Gasteiger partial charge in [0.25, 0.3) is 0 Å². The Labute approximate surface area is 147 Å². The van der Waals surface area contributed by atoms with E-state index >= 15 is 0 Å². The normalized spacial score (nSPS) is 16.3. The Kier molecular flexibility index (Phi) is 4.65. The fourth-order valence-corrected chi connectivity index (χ4v) is 3.64. The molecule has 2 N–H and O–H groups in total. The summed E-state index contributed by atoms with van der Waals surface area (Å²) in [5.41, 5.74) is 2.85. The molecule has 0 unspecified atom stereocenters. The number of rotatable bonds is 5. The smallest absolute Gasteiger partial charge is 0.315 e. The number of carbonyl (C=O) groups excluding carboxylic acids is 1. The molecule has 2 aliphatic heterocycles. The second-order valence-corrected chi connectivity index (χ2v) is 6.69. The molecule has 25 heavy (non-hydrogen) atoms. The van der Waals surface area contributed by atoms with Crippen LogP contribution in [0.5, 0.6) is 0 Å². The van der Waals surface area contributed by atoms with Crippen molar-refractivity contribution in [2.45, 2.75) is 38.9 Å². The van der Waals surface area contributed by atoms with Crippen LogP contribution in [0.3, 0.4) is 0 Å². The van der Waals surface area contributed by atoms with Crippen LogP contribution >= 0.6 is 0 Å². The maximum Gasteiger partial charge on any atom is 0.315 e. The first kappa shape index (κ1) is 16.1. The van der Waals surface area contributed by atoms with E-state index in [9.17, 15) is 4.79 Å². The summed E-state index contributed by atoms with van der Waals surface area (Å²) in [6.07, 6.45) is 3.18. The number of carbonyl (C=O) groups is 1. The third-order valence-corrected chi connectivity index (χ3v) is 5.02. The number of hydrogen-bond donors (Lipinski definition) is 2. The van der Waals surface area contributed by atoms with Gasteiger partial charge in [0.2, 0.25) is 0 Å². The van der Waals surface area contributed by atoms with Crippen LogP contribution < -0.4 is 10.6 Å². The van der Waals surface area contributed by atoms with Gasteiger partial charge in [-0.15, -0.1) is 10.2 Å². The summed E-state index contributed by atoms with van der Waals surface area (Å²) in [4.78, 5) is 14.4. The van der Waals surface area contributed by atoms with Crippen molar-refractivity contribution in [1.82, 2.24) is 30.3 Å². The lowest BCUT2D eigenvalue weighted by molar-refractivity contribution is 0.230. The van der Waals surface area contributed by atoms with Crippen molar-refractivity contribution in [3.05, 3.63) is 47.0 Å². The fourth-order valence-electron chi connectivity index (χ4n) is 3.64. The lowest BCUT2D eigenvalue weighted by Crippen LogP contribution is -2.41. The first-order valence-electron chi connectivity index (χ1n) is 9.01. The average Bonchev–Trinajstić information content (AvgIpc) is 3.24. The van der Waals surface area contributed by atoms with Crippen molar-refractivity contribution < 1.29 is 4.79 Å². The number of fused-ring (bicyclic) bond motifs is 2. The zero-order valence-corrected chi connectivity index (χ0v) is 14.4. The topological polar surface area (TPSA) is 75.1 Å². The molecule has 2 amide bonds. The average molecular weight is 340 g/mol. The van der Waals surface area contributed by atoms with E-state index in [1.165, 1.54) is 11.1 Å². The molecule has 0 fully saturated rings. The molecule has 3 heterocycles. The molecule has 0 spiro atoms. The standard InChI is InChI=1S/C18H24N6O/c25-18(20-12-17-22-21-16-6-3-9-24(16)17)19-8-11-23-10-7-14-4-1-2-5-15(14)13-23/h1-2,4-5H,3,6-13H2,(H2,19,20,25). The maximum atomic E-state index is 12.0. The molecule has 1 aromatic heterocycles. The molecule has 2 aromatic rings. The highest BCUT2D eigenvalue weighted by atomic mass is 16.2. The van der Waals surface area contributed by atoms with Gasteiger partial charge >= 0.3 is 6.03 Å². The molecule has 132 valence electrons. The molecule has 7 nitrogen and oxygen atoms in total. The number of benzene rings is 1. The zero-order valence-electron chi connectivity index (χ0n) is 14.4. The Hall–Kier alpha value is -2.41. The predicted molar refractivity (Wildman–Crippen MR) is 94.0 cm³/mol. The van der Waals surface area contributed by atoms with Crippen LogP contribution in [0.1, 0.15) is 29.2 Å². The number of aromatic nitrogens is 3. The third-order valence-electron chi connectivity index (χ3n) is 5.02. The van der Waals surface area contributed by atoms with E-state index < -0.39 is 0 Å². The van der Waals surface area contributed by atoms with Crippen molar-refractivity contribution >= 4 is 6.03 Å². The number of hydrogen-bond acceptors (Lipinski definition) is 4. The Bertz CT molecular complexity index is 756. The van der Waals surface area contributed by atoms with Crippen LogP contribution in [0.15, 0.2) is 24.3 Å². The van der Waals surface area contributed by atoms with Crippen LogP contribution in [-0.2, 0) is 32.5 Å². The maximum absolute atomic E-state index is 12.0. The summed E-state index contributed by atoms with van der Waals surface area (Å²) in [6.45, 7) is 4.90. The Balaban J connectivity index is 1.18. The SMILES string of the molecule is O=C(NCCN1CCc2ccccc2C1)NCc1nnc2n1CCC2.